The third-order valence-electron chi connectivity index (χ3n) is 11.5. The van der Waals surface area contributed by atoms with Crippen molar-refractivity contribution in [3.8, 4) is 11.5 Å². The number of phenols is 2. The summed E-state index contributed by atoms with van der Waals surface area (Å²) in [6.45, 7) is 28.2. The summed E-state index contributed by atoms with van der Waals surface area (Å²) in [5, 5.41) is 24.5. The number of rotatable bonds is 3. The van der Waals surface area contributed by atoms with Crippen LogP contribution in [0.25, 0.3) is 0 Å². The number of phenolic OH excluding ortho intramolecular Hbond substituents is 2. The number of aryl methyl sites for hydroxylation is 1. The summed E-state index contributed by atoms with van der Waals surface area (Å²) < 4.78 is 31.7. The molecule has 0 fully saturated rings. The monoisotopic (exact) mass is 785 g/mol. The van der Waals surface area contributed by atoms with E-state index < -0.39 is 10.0 Å². The minimum Gasteiger partial charge on any atom is -0.507 e. The zero-order valence-electron chi connectivity index (χ0n) is 36.5. The maximum atomic E-state index is 14.3. The molecule has 5 nitrogen and oxygen atoms in total. The lowest BCUT2D eigenvalue weighted by Crippen LogP contribution is -2.19. The molecule has 0 unspecified atom stereocenters. The highest BCUT2D eigenvalue weighted by Gasteiger charge is 2.28. The number of benzene rings is 5. The standard InChI is InChI=1S/C51H63NO4S/c1-31-14-16-44(17-15-31)57(55,56)52-45-34-23-38-29-42(50(8,9)10)27-36(46(38)53)19-32-18-33(22-40(21-32)48(2,3)4)20-37-28-43(51(11,12)13)30-39(47(37)54)24-35(45)26-41(25-34)49(5,6)7/h14-18,21-22,25-30,52-54H,19-20,23-24H2,1-13H3. The summed E-state index contributed by atoms with van der Waals surface area (Å²) in [6, 6.07) is 26.2. The molecule has 3 N–H and O–H groups in total. The molecule has 0 saturated heterocycles. The van der Waals surface area contributed by atoms with Crippen LogP contribution in [0.5, 0.6) is 11.5 Å². The molecule has 0 radical (unpaired) electrons. The van der Waals surface area contributed by atoms with E-state index in [9.17, 15) is 18.6 Å². The fourth-order valence-electron chi connectivity index (χ4n) is 7.70. The van der Waals surface area contributed by atoms with Crippen LogP contribution in [0.2, 0.25) is 0 Å². The van der Waals surface area contributed by atoms with E-state index in [1.165, 1.54) is 5.56 Å². The Morgan fingerprint density at radius 2 is 0.772 bits per heavy atom. The van der Waals surface area contributed by atoms with Gasteiger partial charge in [-0.2, -0.15) is 0 Å². The molecule has 6 heteroatoms. The minimum atomic E-state index is -4.04. The third-order valence-corrected chi connectivity index (χ3v) is 12.8. The van der Waals surface area contributed by atoms with Crippen molar-refractivity contribution in [1.29, 1.82) is 0 Å². The van der Waals surface area contributed by atoms with Crippen LogP contribution in [0.4, 0.5) is 5.69 Å². The molecule has 0 amide bonds. The van der Waals surface area contributed by atoms with Gasteiger partial charge >= 0.3 is 0 Å². The third kappa shape index (κ3) is 9.28. The molecular formula is C51H63NO4S. The summed E-state index contributed by atoms with van der Waals surface area (Å²) in [5.41, 5.74) is 11.9. The Morgan fingerprint density at radius 3 is 1.12 bits per heavy atom. The Labute approximate surface area is 342 Å². The van der Waals surface area contributed by atoms with Crippen LogP contribution >= 0.6 is 0 Å². The zero-order chi connectivity index (χ0) is 42.0. The number of hydrogen-bond acceptors (Lipinski definition) is 4. The van der Waals surface area contributed by atoms with Gasteiger partial charge in [0.25, 0.3) is 10.0 Å². The smallest absolute Gasteiger partial charge is 0.261 e. The number of anilines is 1. The quantitative estimate of drug-likeness (QED) is 0.167. The van der Waals surface area contributed by atoms with Crippen molar-refractivity contribution in [1.82, 2.24) is 0 Å². The van der Waals surface area contributed by atoms with Gasteiger partial charge in [0.05, 0.1) is 10.6 Å². The van der Waals surface area contributed by atoms with Crippen LogP contribution in [0, 0.1) is 6.92 Å². The Morgan fingerprint density at radius 1 is 0.456 bits per heavy atom. The molecule has 1 aliphatic rings. The van der Waals surface area contributed by atoms with Gasteiger partial charge in [0, 0.05) is 25.7 Å². The molecule has 57 heavy (non-hydrogen) atoms. The molecule has 0 aromatic heterocycles. The molecule has 6 rings (SSSR count). The molecule has 0 aliphatic heterocycles. The van der Waals surface area contributed by atoms with Gasteiger partial charge < -0.3 is 10.2 Å². The fraction of sp³-hybridized carbons (Fsp3) is 0.412. The van der Waals surface area contributed by atoms with Crippen LogP contribution in [-0.4, -0.2) is 18.6 Å². The molecule has 1 aliphatic carbocycles. The summed E-state index contributed by atoms with van der Waals surface area (Å²) in [5.74, 6) is 0.455. The van der Waals surface area contributed by atoms with E-state index in [2.05, 4.69) is 142 Å². The van der Waals surface area contributed by atoms with Crippen molar-refractivity contribution >= 4 is 15.7 Å². The maximum absolute atomic E-state index is 14.3. The predicted molar refractivity (Wildman–Crippen MR) is 237 cm³/mol. The molecule has 0 spiro atoms. The summed E-state index contributed by atoms with van der Waals surface area (Å²) in [4.78, 5) is 0.169. The second kappa shape index (κ2) is 14.7. The van der Waals surface area contributed by atoms with Crippen LogP contribution < -0.4 is 4.72 Å². The first kappa shape index (κ1) is 42.1. The van der Waals surface area contributed by atoms with E-state index in [0.29, 0.717) is 18.5 Å². The van der Waals surface area contributed by atoms with Crippen molar-refractivity contribution in [2.75, 3.05) is 4.72 Å². The van der Waals surface area contributed by atoms with Crippen molar-refractivity contribution in [3.05, 3.63) is 151 Å². The average molecular weight is 786 g/mol. The number of aromatic hydroxyl groups is 2. The largest absolute Gasteiger partial charge is 0.507 e. The molecule has 0 saturated carbocycles. The highest BCUT2D eigenvalue weighted by Crippen LogP contribution is 2.41. The van der Waals surface area contributed by atoms with E-state index in [-0.39, 0.29) is 50.9 Å². The minimum absolute atomic E-state index is 0.123. The van der Waals surface area contributed by atoms with E-state index >= 15 is 0 Å². The van der Waals surface area contributed by atoms with Gasteiger partial charge in [-0.1, -0.05) is 155 Å². The molecular weight excluding hydrogens is 723 g/mol. The lowest BCUT2D eigenvalue weighted by atomic mass is 9.79. The molecule has 8 bridgehead atoms. The van der Waals surface area contributed by atoms with Gasteiger partial charge in [-0.3, -0.25) is 4.72 Å². The van der Waals surface area contributed by atoms with Gasteiger partial charge in [-0.05, 0) is 107 Å². The number of nitrogens with one attached hydrogen (secondary N) is 1. The summed E-state index contributed by atoms with van der Waals surface area (Å²) in [6.07, 6.45) is 1.61. The lowest BCUT2D eigenvalue weighted by molar-refractivity contribution is 0.461. The van der Waals surface area contributed by atoms with Crippen molar-refractivity contribution in [2.45, 2.75) is 142 Å². The van der Waals surface area contributed by atoms with E-state index in [4.69, 9.17) is 0 Å². The van der Waals surface area contributed by atoms with Gasteiger partial charge in [0.15, 0.2) is 0 Å². The van der Waals surface area contributed by atoms with Gasteiger partial charge in [0.1, 0.15) is 11.5 Å². The number of hydrogen-bond donors (Lipinski definition) is 3. The first-order valence-corrected chi connectivity index (χ1v) is 21.8. The van der Waals surface area contributed by atoms with Gasteiger partial charge in [0.2, 0.25) is 0 Å². The summed E-state index contributed by atoms with van der Waals surface area (Å²) in [7, 11) is -4.04. The molecule has 302 valence electrons. The van der Waals surface area contributed by atoms with Crippen molar-refractivity contribution < 1.29 is 18.6 Å². The number of sulfonamides is 1. The molecule has 5 aromatic rings. The summed E-state index contributed by atoms with van der Waals surface area (Å²) >= 11 is 0. The zero-order valence-corrected chi connectivity index (χ0v) is 37.3. The van der Waals surface area contributed by atoms with Crippen LogP contribution in [0.3, 0.4) is 0 Å². The Hall–Kier alpha value is -4.55. The van der Waals surface area contributed by atoms with Gasteiger partial charge in [-0.25, -0.2) is 8.42 Å². The van der Waals surface area contributed by atoms with Crippen molar-refractivity contribution in [3.63, 3.8) is 0 Å². The lowest BCUT2D eigenvalue weighted by Gasteiger charge is -2.27. The molecule has 0 heterocycles. The van der Waals surface area contributed by atoms with Crippen LogP contribution in [-0.2, 0) is 57.4 Å². The first-order chi connectivity index (χ1) is 26.2. The predicted octanol–water partition coefficient (Wildman–Crippen LogP) is 12.1. The molecule has 0 atom stereocenters. The van der Waals surface area contributed by atoms with E-state index in [1.807, 2.05) is 6.92 Å². The second-order valence-corrected chi connectivity index (χ2v) is 22.3. The topological polar surface area (TPSA) is 86.6 Å². The highest BCUT2D eigenvalue weighted by atomic mass is 32.2. The normalized spacial score (nSPS) is 14.1. The van der Waals surface area contributed by atoms with Crippen LogP contribution in [0.15, 0.2) is 83.8 Å². The highest BCUT2D eigenvalue weighted by molar-refractivity contribution is 7.92. The van der Waals surface area contributed by atoms with Crippen molar-refractivity contribution in [2.24, 2.45) is 0 Å². The maximum Gasteiger partial charge on any atom is 0.261 e. The first-order valence-electron chi connectivity index (χ1n) is 20.3. The second-order valence-electron chi connectivity index (χ2n) is 20.6. The fourth-order valence-corrected chi connectivity index (χ4v) is 8.84. The van der Waals surface area contributed by atoms with Crippen LogP contribution in [0.1, 0.15) is 155 Å². The Bertz CT molecular complexity index is 2330. The Balaban J connectivity index is 1.72. The average Bonchev–Trinajstić information content (AvgIpc) is 3.07. The SMILES string of the molecule is Cc1ccc(S(=O)(=O)Nc2c3cc(C(C)(C)C)cc2Cc2cc(C(C)(C)C)cc(c2O)Cc2cc(cc(C(C)(C)C)c2)Cc2cc(C(C)(C)C)cc(c2O)C3)cc1. The van der Waals surface area contributed by atoms with E-state index in [1.54, 1.807) is 24.3 Å². The van der Waals surface area contributed by atoms with E-state index in [0.717, 1.165) is 66.8 Å². The molecule has 5 aromatic carbocycles. The van der Waals surface area contributed by atoms with Gasteiger partial charge in [-0.15, -0.1) is 0 Å². The number of fused-ring (bicyclic) bond motifs is 8. The Kier molecular flexibility index (Phi) is 10.8.